The molecular weight excluding hydrogens is 269 g/mol. The number of rotatable bonds is 1. The van der Waals surface area contributed by atoms with Gasteiger partial charge in [-0.1, -0.05) is 11.6 Å². The molecule has 0 saturated heterocycles. The van der Waals surface area contributed by atoms with Crippen molar-refractivity contribution in [2.75, 3.05) is 5.73 Å². The van der Waals surface area contributed by atoms with Crippen molar-refractivity contribution >= 4 is 17.4 Å². The maximum Gasteiger partial charge on any atom is 0.417 e. The fourth-order valence-electron chi connectivity index (χ4n) is 1.34. The van der Waals surface area contributed by atoms with E-state index in [1.54, 1.807) is 6.92 Å². The summed E-state index contributed by atoms with van der Waals surface area (Å²) in [7, 11) is 0. The number of nitrogens with zero attached hydrogens (tertiary/aromatic N) is 3. The van der Waals surface area contributed by atoms with Crippen LogP contribution in [0.25, 0.3) is 5.82 Å². The van der Waals surface area contributed by atoms with Gasteiger partial charge in [-0.05, 0) is 13.0 Å². The van der Waals surface area contributed by atoms with Gasteiger partial charge in [-0.3, -0.25) is 0 Å². The van der Waals surface area contributed by atoms with E-state index in [0.717, 1.165) is 6.07 Å². The third-order valence-corrected chi connectivity index (χ3v) is 2.58. The molecule has 0 aliphatic rings. The third kappa shape index (κ3) is 2.26. The van der Waals surface area contributed by atoms with Gasteiger partial charge >= 0.3 is 6.18 Å². The van der Waals surface area contributed by atoms with Gasteiger partial charge in [-0.2, -0.15) is 13.2 Å². The topological polar surface area (TPSA) is 56.7 Å². The first-order chi connectivity index (χ1) is 8.29. The van der Waals surface area contributed by atoms with Crippen LogP contribution in [0.1, 0.15) is 11.1 Å². The lowest BCUT2D eigenvalue weighted by atomic mass is 10.3. The quantitative estimate of drug-likeness (QED) is 0.871. The Balaban J connectivity index is 2.48. The molecule has 0 amide bonds. The van der Waals surface area contributed by atoms with E-state index in [4.69, 9.17) is 17.3 Å². The summed E-state index contributed by atoms with van der Waals surface area (Å²) in [6, 6.07) is 0.803. The van der Waals surface area contributed by atoms with E-state index < -0.39 is 11.7 Å². The Morgan fingerprint density at radius 1 is 1.39 bits per heavy atom. The Labute approximate surface area is 105 Å². The molecule has 2 rings (SSSR count). The number of halogens is 4. The average Bonchev–Trinajstić information content (AvgIpc) is 2.57. The van der Waals surface area contributed by atoms with Crippen molar-refractivity contribution in [2.24, 2.45) is 0 Å². The van der Waals surface area contributed by atoms with Crippen LogP contribution >= 0.6 is 11.6 Å². The summed E-state index contributed by atoms with van der Waals surface area (Å²) >= 11 is 5.77. The van der Waals surface area contributed by atoms with Crippen LogP contribution in [0.2, 0.25) is 5.02 Å². The zero-order valence-corrected chi connectivity index (χ0v) is 9.92. The minimum absolute atomic E-state index is 0.101. The minimum atomic E-state index is -4.48. The van der Waals surface area contributed by atoms with Crippen LogP contribution in [0.15, 0.2) is 18.5 Å². The second kappa shape index (κ2) is 4.16. The van der Waals surface area contributed by atoms with Gasteiger partial charge in [0, 0.05) is 18.0 Å². The Bertz CT molecular complexity index is 572. The normalized spacial score (nSPS) is 11.8. The Morgan fingerprint density at radius 3 is 2.50 bits per heavy atom. The van der Waals surface area contributed by atoms with Gasteiger partial charge in [0.15, 0.2) is 5.82 Å². The Morgan fingerprint density at radius 2 is 2.06 bits per heavy atom. The second-order valence-electron chi connectivity index (χ2n) is 3.67. The van der Waals surface area contributed by atoms with Crippen LogP contribution in [0, 0.1) is 6.92 Å². The van der Waals surface area contributed by atoms with E-state index in [0.29, 0.717) is 11.8 Å². The van der Waals surface area contributed by atoms with Crippen molar-refractivity contribution in [3.05, 3.63) is 34.6 Å². The van der Waals surface area contributed by atoms with E-state index >= 15 is 0 Å². The number of pyridine rings is 1. The van der Waals surface area contributed by atoms with Crippen molar-refractivity contribution in [2.45, 2.75) is 13.1 Å². The average molecular weight is 277 g/mol. The van der Waals surface area contributed by atoms with Gasteiger partial charge in [0.25, 0.3) is 0 Å². The van der Waals surface area contributed by atoms with Crippen LogP contribution in [0.5, 0.6) is 0 Å². The van der Waals surface area contributed by atoms with Gasteiger partial charge in [0.1, 0.15) is 5.82 Å². The van der Waals surface area contributed by atoms with Crippen molar-refractivity contribution in [3.8, 4) is 5.82 Å². The van der Waals surface area contributed by atoms with Gasteiger partial charge < -0.3 is 5.73 Å². The van der Waals surface area contributed by atoms with Gasteiger partial charge in [0.2, 0.25) is 0 Å². The SMILES string of the molecule is Cc1cn(-c2ncc(C(F)(F)F)cc2Cl)nc1N. The lowest BCUT2D eigenvalue weighted by molar-refractivity contribution is -0.137. The number of aryl methyl sites for hydroxylation is 1. The van der Waals surface area contributed by atoms with Crippen molar-refractivity contribution in [1.82, 2.24) is 14.8 Å². The maximum atomic E-state index is 12.4. The van der Waals surface area contributed by atoms with E-state index in [-0.39, 0.29) is 16.7 Å². The van der Waals surface area contributed by atoms with Gasteiger partial charge in [-0.25, -0.2) is 9.67 Å². The summed E-state index contributed by atoms with van der Waals surface area (Å²) in [5, 5.41) is 3.75. The van der Waals surface area contributed by atoms with Crippen LogP contribution in [-0.2, 0) is 6.18 Å². The third-order valence-electron chi connectivity index (χ3n) is 2.30. The smallest absolute Gasteiger partial charge is 0.382 e. The number of alkyl halides is 3. The molecule has 8 heteroatoms. The molecule has 2 N–H and O–H groups in total. The molecule has 0 aliphatic carbocycles. The molecule has 2 heterocycles. The minimum Gasteiger partial charge on any atom is -0.382 e. The molecule has 18 heavy (non-hydrogen) atoms. The predicted octanol–water partition coefficient (Wildman–Crippen LogP) is 2.83. The maximum absolute atomic E-state index is 12.4. The van der Waals surface area contributed by atoms with E-state index in [2.05, 4.69) is 10.1 Å². The molecule has 0 fully saturated rings. The number of nitrogens with two attached hydrogens (primary N) is 1. The van der Waals surface area contributed by atoms with Crippen LogP contribution in [0.3, 0.4) is 0 Å². The van der Waals surface area contributed by atoms with E-state index in [1.807, 2.05) is 0 Å². The molecule has 0 bridgehead atoms. The highest BCUT2D eigenvalue weighted by atomic mass is 35.5. The number of hydrogen-bond donors (Lipinski definition) is 1. The first kappa shape index (κ1) is 12.7. The molecule has 4 nitrogen and oxygen atoms in total. The fourth-order valence-corrected chi connectivity index (χ4v) is 1.59. The van der Waals surface area contributed by atoms with Crippen molar-refractivity contribution in [1.29, 1.82) is 0 Å². The number of anilines is 1. The summed E-state index contributed by atoms with van der Waals surface area (Å²) in [6.07, 6.45) is -2.24. The highest BCUT2D eigenvalue weighted by Crippen LogP contribution is 2.31. The molecule has 2 aromatic heterocycles. The Kier molecular flexibility index (Phi) is 2.94. The standard InChI is InChI=1S/C10H8ClF3N4/c1-5-4-18(17-8(5)15)9-7(11)2-6(3-16-9)10(12,13)14/h2-4H,1H3,(H2,15,17). The number of aromatic nitrogens is 3. The predicted molar refractivity (Wildman–Crippen MR) is 60.5 cm³/mol. The molecule has 0 unspecified atom stereocenters. The van der Waals surface area contributed by atoms with Crippen LogP contribution in [0.4, 0.5) is 19.0 Å². The molecule has 2 aromatic rings. The molecular formula is C10H8ClF3N4. The molecule has 96 valence electrons. The lowest BCUT2D eigenvalue weighted by Crippen LogP contribution is -2.08. The first-order valence-electron chi connectivity index (χ1n) is 4.84. The molecule has 0 atom stereocenters. The summed E-state index contributed by atoms with van der Waals surface area (Å²) in [5.41, 5.74) is 5.32. The van der Waals surface area contributed by atoms with E-state index in [1.165, 1.54) is 10.9 Å². The highest BCUT2D eigenvalue weighted by molar-refractivity contribution is 6.32. The van der Waals surface area contributed by atoms with E-state index in [9.17, 15) is 13.2 Å². The van der Waals surface area contributed by atoms with Crippen LogP contribution in [-0.4, -0.2) is 14.8 Å². The highest BCUT2D eigenvalue weighted by Gasteiger charge is 2.31. The molecule has 0 spiro atoms. The summed E-state index contributed by atoms with van der Waals surface area (Å²) in [4.78, 5) is 3.66. The fraction of sp³-hybridized carbons (Fsp3) is 0.200. The van der Waals surface area contributed by atoms with Gasteiger partial charge in [0.05, 0.1) is 10.6 Å². The molecule has 0 aliphatic heterocycles. The molecule has 0 saturated carbocycles. The largest absolute Gasteiger partial charge is 0.417 e. The zero-order valence-electron chi connectivity index (χ0n) is 9.16. The first-order valence-corrected chi connectivity index (χ1v) is 5.21. The second-order valence-corrected chi connectivity index (χ2v) is 4.08. The number of hydrogen-bond acceptors (Lipinski definition) is 3. The summed E-state index contributed by atoms with van der Waals surface area (Å²) in [5.74, 6) is 0.372. The molecule has 0 radical (unpaired) electrons. The van der Waals surface area contributed by atoms with Crippen LogP contribution < -0.4 is 5.73 Å². The Hall–Kier alpha value is -1.76. The van der Waals surface area contributed by atoms with Crippen molar-refractivity contribution < 1.29 is 13.2 Å². The summed E-state index contributed by atoms with van der Waals surface area (Å²) in [6.45, 7) is 1.72. The van der Waals surface area contributed by atoms with Gasteiger partial charge in [-0.15, -0.1) is 5.10 Å². The summed E-state index contributed by atoms with van der Waals surface area (Å²) < 4.78 is 38.5. The molecule has 0 aromatic carbocycles. The zero-order chi connectivity index (χ0) is 13.5. The monoisotopic (exact) mass is 276 g/mol. The lowest BCUT2D eigenvalue weighted by Gasteiger charge is -2.08. The number of nitrogen functional groups attached to an aromatic ring is 1. The van der Waals surface area contributed by atoms with Crippen molar-refractivity contribution in [3.63, 3.8) is 0 Å².